The predicted molar refractivity (Wildman–Crippen MR) is 112 cm³/mol. The van der Waals surface area contributed by atoms with Crippen LogP contribution in [0, 0.1) is 0 Å². The van der Waals surface area contributed by atoms with Gasteiger partial charge in [0.15, 0.2) is 0 Å². The minimum Gasteiger partial charge on any atom is -0.466 e. The number of carbonyl (C=O) groups excluding carboxylic acids is 3. The number of esters is 1. The maximum absolute atomic E-state index is 12.9. The van der Waals surface area contributed by atoms with Gasteiger partial charge in [0, 0.05) is 30.0 Å². The van der Waals surface area contributed by atoms with Crippen LogP contribution >= 0.6 is 39.9 Å². The molecule has 1 saturated heterocycles. The molecule has 2 heterocycles. The summed E-state index contributed by atoms with van der Waals surface area (Å²) >= 11 is 9.88. The molecule has 1 aromatic rings. The largest absolute Gasteiger partial charge is 0.466 e. The first kappa shape index (κ1) is 20.0. The van der Waals surface area contributed by atoms with Gasteiger partial charge in [0.05, 0.1) is 22.8 Å². The number of likely N-dealkylation sites (N-methyl/N-ethyl adjacent to an activating group) is 1. The lowest BCUT2D eigenvalue weighted by Crippen LogP contribution is -2.30. The number of rotatable bonds is 5. The number of thioether (sulfide) groups is 1. The molecule has 0 unspecified atom stereocenters. The van der Waals surface area contributed by atoms with E-state index in [1.54, 1.807) is 14.0 Å². The molecule has 142 valence electrons. The molecule has 1 fully saturated rings. The second-order valence-corrected chi connectivity index (χ2v) is 8.52. The van der Waals surface area contributed by atoms with Gasteiger partial charge in [-0.3, -0.25) is 19.3 Å². The molecule has 0 bridgehead atoms. The molecule has 0 aromatic heterocycles. The zero-order valence-electron chi connectivity index (χ0n) is 14.8. The van der Waals surface area contributed by atoms with Crippen molar-refractivity contribution in [3.63, 3.8) is 0 Å². The average molecular weight is 469 g/mol. The van der Waals surface area contributed by atoms with Gasteiger partial charge < -0.3 is 9.64 Å². The number of amides is 2. The molecule has 3 rings (SSSR count). The molecular weight excluding hydrogens is 452 g/mol. The Morgan fingerprint density at radius 3 is 2.74 bits per heavy atom. The maximum atomic E-state index is 12.9. The van der Waals surface area contributed by atoms with Crippen molar-refractivity contribution in [1.82, 2.24) is 4.90 Å². The van der Waals surface area contributed by atoms with E-state index in [0.29, 0.717) is 39.9 Å². The topological polar surface area (TPSA) is 66.9 Å². The standard InChI is InChI=1S/C18H17BrN2O4S2/c1-3-25-13(22)5-4-8-21-17(24)15(27-18(21)26)14-11-9-10(19)6-7-12(11)20(2)16(14)23/h6-7,9H,3-5,8H2,1-2H3/b15-14-. The van der Waals surface area contributed by atoms with Gasteiger partial charge in [0.2, 0.25) is 0 Å². The summed E-state index contributed by atoms with van der Waals surface area (Å²) in [6.07, 6.45) is 0.665. The third kappa shape index (κ3) is 3.81. The molecule has 2 aliphatic rings. The normalized spacial score (nSPS) is 19.1. The third-order valence-corrected chi connectivity index (χ3v) is 6.19. The Balaban J connectivity index is 1.85. The maximum Gasteiger partial charge on any atom is 0.305 e. The zero-order valence-corrected chi connectivity index (χ0v) is 18.0. The molecule has 0 spiro atoms. The smallest absolute Gasteiger partial charge is 0.305 e. The van der Waals surface area contributed by atoms with Crippen molar-refractivity contribution in [2.45, 2.75) is 19.8 Å². The van der Waals surface area contributed by atoms with Crippen LogP contribution in [0.3, 0.4) is 0 Å². The summed E-state index contributed by atoms with van der Waals surface area (Å²) in [5, 5.41) is 0. The molecule has 2 amide bonds. The number of carbonyl (C=O) groups is 3. The Morgan fingerprint density at radius 2 is 2.04 bits per heavy atom. The minimum absolute atomic E-state index is 0.217. The molecular formula is C18H17BrN2O4S2. The molecule has 6 nitrogen and oxygen atoms in total. The number of anilines is 1. The van der Waals surface area contributed by atoms with Crippen LogP contribution in [0.25, 0.3) is 5.57 Å². The Morgan fingerprint density at radius 1 is 1.30 bits per heavy atom. The highest BCUT2D eigenvalue weighted by Gasteiger charge is 2.40. The van der Waals surface area contributed by atoms with Gasteiger partial charge in [-0.1, -0.05) is 39.9 Å². The molecule has 0 aliphatic carbocycles. The van der Waals surface area contributed by atoms with E-state index in [1.165, 1.54) is 9.80 Å². The van der Waals surface area contributed by atoms with Crippen molar-refractivity contribution in [3.8, 4) is 0 Å². The number of hydrogen-bond acceptors (Lipinski definition) is 6. The van der Waals surface area contributed by atoms with Crippen LogP contribution < -0.4 is 4.90 Å². The summed E-state index contributed by atoms with van der Waals surface area (Å²) < 4.78 is 6.11. The lowest BCUT2D eigenvalue weighted by molar-refractivity contribution is -0.143. The fourth-order valence-corrected chi connectivity index (χ4v) is 4.71. The van der Waals surface area contributed by atoms with Crippen LogP contribution in [0.2, 0.25) is 0 Å². The third-order valence-electron chi connectivity index (χ3n) is 4.25. The summed E-state index contributed by atoms with van der Waals surface area (Å²) in [6, 6.07) is 5.52. The van der Waals surface area contributed by atoms with E-state index in [4.69, 9.17) is 17.0 Å². The van der Waals surface area contributed by atoms with Gasteiger partial charge in [0.25, 0.3) is 11.8 Å². The Hall–Kier alpha value is -1.71. The van der Waals surface area contributed by atoms with E-state index in [9.17, 15) is 14.4 Å². The molecule has 9 heteroatoms. The number of hydrogen-bond donors (Lipinski definition) is 0. The Labute approximate surface area is 175 Å². The first-order valence-electron chi connectivity index (χ1n) is 8.36. The number of fused-ring (bicyclic) bond motifs is 1. The highest BCUT2D eigenvalue weighted by atomic mass is 79.9. The Kier molecular flexibility index (Phi) is 6.02. The highest BCUT2D eigenvalue weighted by Crippen LogP contribution is 2.44. The summed E-state index contributed by atoms with van der Waals surface area (Å²) in [5.41, 5.74) is 1.84. The van der Waals surface area contributed by atoms with Crippen LogP contribution in [0.5, 0.6) is 0 Å². The van der Waals surface area contributed by atoms with Crippen LogP contribution in [-0.4, -0.2) is 47.2 Å². The first-order valence-corrected chi connectivity index (χ1v) is 10.4. The summed E-state index contributed by atoms with van der Waals surface area (Å²) in [6.45, 7) is 2.39. The molecule has 0 N–H and O–H groups in total. The molecule has 0 atom stereocenters. The van der Waals surface area contributed by atoms with Crippen LogP contribution in [0.4, 0.5) is 5.69 Å². The number of ether oxygens (including phenoxy) is 1. The van der Waals surface area contributed by atoms with E-state index in [1.807, 2.05) is 18.2 Å². The van der Waals surface area contributed by atoms with Crippen molar-refractivity contribution in [2.24, 2.45) is 0 Å². The van der Waals surface area contributed by atoms with Crippen molar-refractivity contribution in [2.75, 3.05) is 25.1 Å². The highest BCUT2D eigenvalue weighted by molar-refractivity contribution is 9.10. The summed E-state index contributed by atoms with van der Waals surface area (Å²) in [7, 11) is 1.68. The first-order chi connectivity index (χ1) is 12.8. The van der Waals surface area contributed by atoms with E-state index in [0.717, 1.165) is 21.9 Å². The fraction of sp³-hybridized carbons (Fsp3) is 0.333. The van der Waals surface area contributed by atoms with Gasteiger partial charge in [-0.15, -0.1) is 0 Å². The lowest BCUT2D eigenvalue weighted by atomic mass is 10.1. The van der Waals surface area contributed by atoms with Crippen LogP contribution in [0.1, 0.15) is 25.3 Å². The predicted octanol–water partition coefficient (Wildman–Crippen LogP) is 3.34. The van der Waals surface area contributed by atoms with Gasteiger partial charge in [-0.05, 0) is 31.5 Å². The fourth-order valence-electron chi connectivity index (χ4n) is 2.97. The number of benzene rings is 1. The van der Waals surface area contributed by atoms with Gasteiger partial charge in [-0.2, -0.15) is 0 Å². The molecule has 1 aromatic carbocycles. The second kappa shape index (κ2) is 8.12. The number of nitrogens with zero attached hydrogens (tertiary/aromatic N) is 2. The lowest BCUT2D eigenvalue weighted by Gasteiger charge is -2.14. The summed E-state index contributed by atoms with van der Waals surface area (Å²) in [5.74, 6) is -0.818. The van der Waals surface area contributed by atoms with Gasteiger partial charge >= 0.3 is 5.97 Å². The van der Waals surface area contributed by atoms with Crippen LogP contribution in [-0.2, 0) is 19.1 Å². The molecule has 0 radical (unpaired) electrons. The quantitative estimate of drug-likeness (QED) is 0.375. The van der Waals surface area contributed by atoms with Crippen molar-refractivity contribution >= 4 is 73.3 Å². The van der Waals surface area contributed by atoms with Crippen molar-refractivity contribution in [3.05, 3.63) is 33.1 Å². The second-order valence-electron chi connectivity index (χ2n) is 5.96. The monoisotopic (exact) mass is 468 g/mol. The minimum atomic E-state index is -0.298. The molecule has 0 saturated carbocycles. The SMILES string of the molecule is CCOC(=O)CCCN1C(=O)/C(=C2/C(=O)N(C)c3ccc(Br)cc32)SC1=S. The van der Waals surface area contributed by atoms with E-state index >= 15 is 0 Å². The average Bonchev–Trinajstić information content (AvgIpc) is 3.02. The van der Waals surface area contributed by atoms with Gasteiger partial charge in [0.1, 0.15) is 4.32 Å². The zero-order chi connectivity index (χ0) is 19.7. The van der Waals surface area contributed by atoms with E-state index in [2.05, 4.69) is 15.9 Å². The van der Waals surface area contributed by atoms with Gasteiger partial charge in [-0.25, -0.2) is 0 Å². The Bertz CT molecular complexity index is 884. The summed E-state index contributed by atoms with van der Waals surface area (Å²) in [4.78, 5) is 40.5. The van der Waals surface area contributed by atoms with Crippen molar-refractivity contribution in [1.29, 1.82) is 0 Å². The molecule has 2 aliphatic heterocycles. The van der Waals surface area contributed by atoms with Crippen LogP contribution in [0.15, 0.2) is 27.6 Å². The number of halogens is 1. The van der Waals surface area contributed by atoms with E-state index < -0.39 is 0 Å². The van der Waals surface area contributed by atoms with E-state index in [-0.39, 0.29) is 24.2 Å². The van der Waals surface area contributed by atoms with Crippen molar-refractivity contribution < 1.29 is 19.1 Å². The number of thiocarbonyl (C=S) groups is 1. The molecule has 27 heavy (non-hydrogen) atoms.